The van der Waals surface area contributed by atoms with Crippen molar-refractivity contribution in [2.24, 2.45) is 0 Å². The van der Waals surface area contributed by atoms with E-state index in [1.807, 2.05) is 12.1 Å². The summed E-state index contributed by atoms with van der Waals surface area (Å²) in [5, 5.41) is 26.5. The van der Waals surface area contributed by atoms with Gasteiger partial charge < -0.3 is 24.6 Å². The molecule has 0 bridgehead atoms. The number of nitrogens with zero attached hydrogens (tertiary/aromatic N) is 3. The van der Waals surface area contributed by atoms with E-state index in [0.29, 0.717) is 35.5 Å². The van der Waals surface area contributed by atoms with Crippen molar-refractivity contribution in [3.05, 3.63) is 64.9 Å². The van der Waals surface area contributed by atoms with Gasteiger partial charge in [-0.1, -0.05) is 31.8 Å². The van der Waals surface area contributed by atoms with Crippen molar-refractivity contribution >= 4 is 30.8 Å². The number of nitriles is 1. The van der Waals surface area contributed by atoms with Crippen molar-refractivity contribution in [3.8, 4) is 17.7 Å². The third-order valence-corrected chi connectivity index (χ3v) is 8.29. The number of anilines is 1. The van der Waals surface area contributed by atoms with Crippen LogP contribution in [0.1, 0.15) is 28.5 Å². The van der Waals surface area contributed by atoms with E-state index < -0.39 is 14.1 Å². The number of methoxy groups -OCH3 is 1. The molecule has 1 aromatic heterocycles. The van der Waals surface area contributed by atoms with Crippen molar-refractivity contribution in [1.82, 2.24) is 10.1 Å². The van der Waals surface area contributed by atoms with Gasteiger partial charge in [0, 0.05) is 18.3 Å². The Balaban J connectivity index is 1.67. The molecule has 1 aliphatic heterocycles. The average Bonchev–Trinajstić information content (AvgIpc) is 3.26. The minimum absolute atomic E-state index is 0.147. The quantitative estimate of drug-likeness (QED) is 0.494. The van der Waals surface area contributed by atoms with Crippen LogP contribution in [0.5, 0.6) is 11.6 Å². The number of fused-ring (bicyclic) bond motifs is 1. The molecule has 9 nitrogen and oxygen atoms in total. The number of hydrogen-bond acceptors (Lipinski definition) is 7. The van der Waals surface area contributed by atoms with Gasteiger partial charge in [-0.3, -0.25) is 9.59 Å². The van der Waals surface area contributed by atoms with Gasteiger partial charge in [-0.2, -0.15) is 5.26 Å². The van der Waals surface area contributed by atoms with Gasteiger partial charge in [0.1, 0.15) is 17.6 Å². The molecule has 10 heteroatoms. The van der Waals surface area contributed by atoms with Crippen LogP contribution in [-0.2, 0) is 22.4 Å². The molecular formula is C26H28N4O5Si. The highest BCUT2D eigenvalue weighted by Gasteiger charge is 2.36. The lowest BCUT2D eigenvalue weighted by molar-refractivity contribution is -0.139. The van der Waals surface area contributed by atoms with Gasteiger partial charge in [0.05, 0.1) is 33.2 Å². The van der Waals surface area contributed by atoms with Gasteiger partial charge >= 0.3 is 0 Å². The van der Waals surface area contributed by atoms with E-state index in [4.69, 9.17) is 9.26 Å². The van der Waals surface area contributed by atoms with Crippen LogP contribution in [0.2, 0.25) is 19.6 Å². The summed E-state index contributed by atoms with van der Waals surface area (Å²) in [5.41, 5.74) is 2.65. The monoisotopic (exact) mass is 504 g/mol. The van der Waals surface area contributed by atoms with Gasteiger partial charge in [0.2, 0.25) is 5.91 Å². The molecule has 0 saturated carbocycles. The second kappa shape index (κ2) is 9.87. The van der Waals surface area contributed by atoms with E-state index in [1.165, 1.54) is 11.0 Å². The molecule has 2 heterocycles. The molecule has 2 aromatic carbocycles. The fourth-order valence-electron chi connectivity index (χ4n) is 4.50. The number of aromatic nitrogens is 1. The van der Waals surface area contributed by atoms with Crippen LogP contribution in [0, 0.1) is 11.3 Å². The SMILES string of the molecule is COc1ccc2c(c1)CCN(C(=O)Cc1cc(O)no1)[C@H]2C(=O)Nc1ccc([Si](C)(C)C)c(C#N)c1. The number of benzene rings is 2. The maximum atomic E-state index is 13.7. The Morgan fingerprint density at radius 2 is 2.03 bits per heavy atom. The summed E-state index contributed by atoms with van der Waals surface area (Å²) in [5.74, 6) is -0.152. The predicted molar refractivity (Wildman–Crippen MR) is 136 cm³/mol. The molecule has 0 saturated heterocycles. The standard InChI is InChI=1S/C26H28N4O5Si/c1-34-19-6-7-21-16(12-19)9-10-30(24(32)14-20-13-23(31)29-35-20)25(21)26(33)28-18-5-8-22(36(2,3)4)17(11-18)15-27/h5-8,11-13,25H,9-10,14H2,1-4H3,(H,28,33)(H,29,31)/t25-/m1/s1. The molecule has 0 unspecified atom stereocenters. The summed E-state index contributed by atoms with van der Waals surface area (Å²) in [6, 6.07) is 13.5. The van der Waals surface area contributed by atoms with Crippen molar-refractivity contribution in [1.29, 1.82) is 5.26 Å². The lowest BCUT2D eigenvalue weighted by Crippen LogP contribution is -2.46. The molecule has 36 heavy (non-hydrogen) atoms. The third kappa shape index (κ3) is 5.11. The molecule has 0 fully saturated rings. The second-order valence-electron chi connectivity index (χ2n) is 9.74. The summed E-state index contributed by atoms with van der Waals surface area (Å²) < 4.78 is 10.3. The molecule has 2 amide bonds. The molecule has 1 atom stereocenters. The Labute approximate surface area is 210 Å². The zero-order valence-electron chi connectivity index (χ0n) is 20.7. The van der Waals surface area contributed by atoms with Gasteiger partial charge in [0.15, 0.2) is 0 Å². The highest BCUT2D eigenvalue weighted by atomic mass is 28.3. The molecule has 186 valence electrons. The maximum absolute atomic E-state index is 13.7. The van der Waals surface area contributed by atoms with Crippen molar-refractivity contribution < 1.29 is 24.0 Å². The third-order valence-electron chi connectivity index (χ3n) is 6.23. The molecule has 0 spiro atoms. The highest BCUT2D eigenvalue weighted by molar-refractivity contribution is 6.89. The number of hydrogen-bond donors (Lipinski definition) is 2. The minimum Gasteiger partial charge on any atom is -0.497 e. The van der Waals surface area contributed by atoms with Crippen LogP contribution < -0.4 is 15.2 Å². The number of carbonyl (C=O) groups is 2. The van der Waals surface area contributed by atoms with E-state index >= 15 is 0 Å². The molecule has 4 rings (SSSR count). The van der Waals surface area contributed by atoms with Crippen LogP contribution in [-0.4, -0.2) is 48.7 Å². The molecule has 3 aromatic rings. The summed E-state index contributed by atoms with van der Waals surface area (Å²) in [4.78, 5) is 28.4. The number of ether oxygens (including phenoxy) is 1. The zero-order valence-corrected chi connectivity index (χ0v) is 21.7. The summed E-state index contributed by atoms with van der Waals surface area (Å²) in [6.45, 7) is 6.79. The summed E-state index contributed by atoms with van der Waals surface area (Å²) >= 11 is 0. The first-order valence-corrected chi connectivity index (χ1v) is 15.1. The maximum Gasteiger partial charge on any atom is 0.251 e. The van der Waals surface area contributed by atoms with Gasteiger partial charge in [-0.15, -0.1) is 0 Å². The minimum atomic E-state index is -1.74. The summed E-state index contributed by atoms with van der Waals surface area (Å²) in [7, 11) is -0.166. The predicted octanol–water partition coefficient (Wildman–Crippen LogP) is 3.11. The largest absolute Gasteiger partial charge is 0.497 e. The molecule has 0 radical (unpaired) electrons. The number of rotatable bonds is 6. The van der Waals surface area contributed by atoms with E-state index in [-0.39, 0.29) is 29.9 Å². The highest BCUT2D eigenvalue weighted by Crippen LogP contribution is 2.34. The average molecular weight is 505 g/mol. The Kier molecular flexibility index (Phi) is 6.86. The van der Waals surface area contributed by atoms with E-state index in [9.17, 15) is 20.0 Å². The van der Waals surface area contributed by atoms with E-state index in [2.05, 4.69) is 36.2 Å². The lowest BCUT2D eigenvalue weighted by Gasteiger charge is -2.36. The van der Waals surface area contributed by atoms with Crippen LogP contribution in [0.25, 0.3) is 0 Å². The van der Waals surface area contributed by atoms with Crippen molar-refractivity contribution in [3.63, 3.8) is 0 Å². The van der Waals surface area contributed by atoms with Gasteiger partial charge in [-0.25, -0.2) is 0 Å². The zero-order chi connectivity index (χ0) is 26.0. The second-order valence-corrected chi connectivity index (χ2v) is 14.8. The smallest absolute Gasteiger partial charge is 0.251 e. The Bertz CT molecular complexity index is 1360. The number of carbonyl (C=O) groups excluding carboxylic acids is 2. The topological polar surface area (TPSA) is 129 Å². The number of nitrogens with one attached hydrogen (secondary N) is 1. The normalized spacial score (nSPS) is 15.1. The van der Waals surface area contributed by atoms with Gasteiger partial charge in [-0.05, 0) is 52.2 Å². The Hall–Kier alpha value is -4.10. The summed E-state index contributed by atoms with van der Waals surface area (Å²) in [6.07, 6.45) is 0.402. The van der Waals surface area contributed by atoms with Crippen LogP contribution >= 0.6 is 0 Å². The first kappa shape index (κ1) is 25.0. The van der Waals surface area contributed by atoms with E-state index in [1.54, 1.807) is 31.4 Å². The Morgan fingerprint density at radius 1 is 1.25 bits per heavy atom. The van der Waals surface area contributed by atoms with Crippen molar-refractivity contribution in [2.75, 3.05) is 19.0 Å². The van der Waals surface area contributed by atoms with Crippen LogP contribution in [0.3, 0.4) is 0 Å². The first-order valence-electron chi connectivity index (χ1n) is 11.6. The van der Waals surface area contributed by atoms with Crippen molar-refractivity contribution in [2.45, 2.75) is 38.5 Å². The fourth-order valence-corrected chi connectivity index (χ4v) is 6.02. The molecular weight excluding hydrogens is 476 g/mol. The Morgan fingerprint density at radius 3 is 2.67 bits per heavy atom. The number of aromatic hydroxyl groups is 1. The van der Waals surface area contributed by atoms with Gasteiger partial charge in [0.25, 0.3) is 11.8 Å². The van der Waals surface area contributed by atoms with E-state index in [0.717, 1.165) is 10.8 Å². The molecule has 0 aliphatic carbocycles. The number of amides is 2. The van der Waals surface area contributed by atoms with Crippen LogP contribution in [0.15, 0.2) is 47.0 Å². The molecule has 1 aliphatic rings. The van der Waals surface area contributed by atoms with Crippen LogP contribution in [0.4, 0.5) is 5.69 Å². The first-order chi connectivity index (χ1) is 17.1. The lowest BCUT2D eigenvalue weighted by atomic mass is 9.91. The molecule has 2 N–H and O–H groups in total. The fraction of sp³-hybridized carbons (Fsp3) is 0.308.